The van der Waals surface area contributed by atoms with Crippen LogP contribution >= 0.6 is 0 Å². The Bertz CT molecular complexity index is 378. The number of carbonyl (C=O) groups is 1. The Hall–Kier alpha value is -1.55. The van der Waals surface area contributed by atoms with E-state index in [0.717, 1.165) is 0 Å². The molecular formula is C11H13NO3. The SMILES string of the molecule is O=C(c1ccccc1O)N1CC[C@@H](O)C1. The van der Waals surface area contributed by atoms with E-state index >= 15 is 0 Å². The van der Waals surface area contributed by atoms with E-state index in [0.29, 0.717) is 25.1 Å². The van der Waals surface area contributed by atoms with Crippen LogP contribution in [0.4, 0.5) is 0 Å². The van der Waals surface area contributed by atoms with Gasteiger partial charge in [-0.2, -0.15) is 0 Å². The lowest BCUT2D eigenvalue weighted by atomic mass is 10.2. The average molecular weight is 207 g/mol. The molecular weight excluding hydrogens is 194 g/mol. The predicted molar refractivity (Wildman–Crippen MR) is 54.6 cm³/mol. The van der Waals surface area contributed by atoms with Gasteiger partial charge < -0.3 is 15.1 Å². The number of benzene rings is 1. The van der Waals surface area contributed by atoms with Gasteiger partial charge in [0.2, 0.25) is 0 Å². The highest BCUT2D eigenvalue weighted by atomic mass is 16.3. The fourth-order valence-corrected chi connectivity index (χ4v) is 1.75. The maximum Gasteiger partial charge on any atom is 0.257 e. The van der Waals surface area contributed by atoms with Gasteiger partial charge in [-0.05, 0) is 18.6 Å². The Morgan fingerprint density at radius 2 is 2.13 bits per heavy atom. The van der Waals surface area contributed by atoms with Gasteiger partial charge >= 0.3 is 0 Å². The van der Waals surface area contributed by atoms with E-state index in [1.54, 1.807) is 23.1 Å². The van der Waals surface area contributed by atoms with Crippen molar-refractivity contribution in [1.82, 2.24) is 4.90 Å². The highest BCUT2D eigenvalue weighted by molar-refractivity contribution is 5.96. The number of phenolic OH excluding ortho intramolecular Hbond substituents is 1. The molecule has 1 heterocycles. The van der Waals surface area contributed by atoms with Gasteiger partial charge in [-0.15, -0.1) is 0 Å². The number of aliphatic hydroxyl groups excluding tert-OH is 1. The summed E-state index contributed by atoms with van der Waals surface area (Å²) in [6, 6.07) is 6.45. The lowest BCUT2D eigenvalue weighted by Crippen LogP contribution is -2.29. The molecule has 2 N–H and O–H groups in total. The number of aromatic hydroxyl groups is 1. The first-order valence-corrected chi connectivity index (χ1v) is 4.94. The first kappa shape index (κ1) is 9.98. The third kappa shape index (κ3) is 1.94. The zero-order valence-electron chi connectivity index (χ0n) is 8.26. The lowest BCUT2D eigenvalue weighted by Gasteiger charge is -2.15. The van der Waals surface area contributed by atoms with E-state index in [2.05, 4.69) is 0 Å². The summed E-state index contributed by atoms with van der Waals surface area (Å²) >= 11 is 0. The van der Waals surface area contributed by atoms with Crippen molar-refractivity contribution in [3.8, 4) is 5.75 Å². The predicted octanol–water partition coefficient (Wildman–Crippen LogP) is 0.599. The smallest absolute Gasteiger partial charge is 0.257 e. The van der Waals surface area contributed by atoms with E-state index in [9.17, 15) is 15.0 Å². The molecule has 4 nitrogen and oxygen atoms in total. The zero-order chi connectivity index (χ0) is 10.8. The molecule has 0 aromatic heterocycles. The van der Waals surface area contributed by atoms with Crippen molar-refractivity contribution in [1.29, 1.82) is 0 Å². The van der Waals surface area contributed by atoms with Crippen LogP contribution in [0.1, 0.15) is 16.8 Å². The van der Waals surface area contributed by atoms with E-state index < -0.39 is 6.10 Å². The molecule has 1 aliphatic heterocycles. The molecule has 0 bridgehead atoms. The minimum absolute atomic E-state index is 0.0103. The van der Waals surface area contributed by atoms with Crippen LogP contribution in [0.2, 0.25) is 0 Å². The molecule has 0 aliphatic carbocycles. The first-order chi connectivity index (χ1) is 7.18. The number of aliphatic hydroxyl groups is 1. The summed E-state index contributed by atoms with van der Waals surface area (Å²) in [6.45, 7) is 0.904. The van der Waals surface area contributed by atoms with Crippen LogP contribution in [0.15, 0.2) is 24.3 Å². The van der Waals surface area contributed by atoms with Crippen LogP contribution in [-0.4, -0.2) is 40.2 Å². The number of amides is 1. The Morgan fingerprint density at radius 3 is 2.73 bits per heavy atom. The molecule has 1 aliphatic rings. The minimum atomic E-state index is -0.431. The molecule has 0 radical (unpaired) electrons. The maximum atomic E-state index is 11.9. The highest BCUT2D eigenvalue weighted by Crippen LogP contribution is 2.20. The Balaban J connectivity index is 2.18. The van der Waals surface area contributed by atoms with Crippen molar-refractivity contribution in [2.24, 2.45) is 0 Å². The molecule has 4 heteroatoms. The van der Waals surface area contributed by atoms with Gasteiger partial charge in [0.15, 0.2) is 0 Å². The molecule has 1 saturated heterocycles. The molecule has 1 aromatic rings. The van der Waals surface area contributed by atoms with Crippen LogP contribution < -0.4 is 0 Å². The fourth-order valence-electron chi connectivity index (χ4n) is 1.75. The fraction of sp³-hybridized carbons (Fsp3) is 0.364. The molecule has 1 atom stereocenters. The Labute approximate surface area is 87.8 Å². The third-order valence-electron chi connectivity index (χ3n) is 2.59. The second-order valence-corrected chi connectivity index (χ2v) is 3.71. The molecule has 0 spiro atoms. The van der Waals surface area contributed by atoms with Crippen molar-refractivity contribution in [2.75, 3.05) is 13.1 Å². The molecule has 80 valence electrons. The normalized spacial score (nSPS) is 20.6. The van der Waals surface area contributed by atoms with Gasteiger partial charge in [0.1, 0.15) is 5.75 Å². The minimum Gasteiger partial charge on any atom is -0.507 e. The maximum absolute atomic E-state index is 11.9. The van der Waals surface area contributed by atoms with Gasteiger partial charge in [-0.3, -0.25) is 4.79 Å². The number of hydrogen-bond acceptors (Lipinski definition) is 3. The number of carbonyl (C=O) groups excluding carboxylic acids is 1. The topological polar surface area (TPSA) is 60.8 Å². The molecule has 1 fully saturated rings. The number of phenols is 1. The second-order valence-electron chi connectivity index (χ2n) is 3.71. The van der Waals surface area contributed by atoms with Crippen molar-refractivity contribution >= 4 is 5.91 Å². The molecule has 0 unspecified atom stereocenters. The van der Waals surface area contributed by atoms with E-state index in [4.69, 9.17) is 0 Å². The summed E-state index contributed by atoms with van der Waals surface area (Å²) < 4.78 is 0. The van der Waals surface area contributed by atoms with Crippen molar-refractivity contribution in [3.63, 3.8) is 0 Å². The van der Waals surface area contributed by atoms with Crippen molar-refractivity contribution in [2.45, 2.75) is 12.5 Å². The Morgan fingerprint density at radius 1 is 1.40 bits per heavy atom. The number of nitrogens with zero attached hydrogens (tertiary/aromatic N) is 1. The highest BCUT2D eigenvalue weighted by Gasteiger charge is 2.26. The summed E-state index contributed by atoms with van der Waals surface area (Å²) in [6.07, 6.45) is 0.180. The van der Waals surface area contributed by atoms with Gasteiger partial charge in [0.25, 0.3) is 5.91 Å². The van der Waals surface area contributed by atoms with E-state index in [1.165, 1.54) is 6.07 Å². The summed E-state index contributed by atoms with van der Waals surface area (Å²) in [5.41, 5.74) is 0.298. The van der Waals surface area contributed by atoms with Gasteiger partial charge in [0.05, 0.1) is 11.7 Å². The monoisotopic (exact) mass is 207 g/mol. The number of hydrogen-bond donors (Lipinski definition) is 2. The summed E-state index contributed by atoms with van der Waals surface area (Å²) in [4.78, 5) is 13.4. The lowest BCUT2D eigenvalue weighted by molar-refractivity contribution is 0.0762. The van der Waals surface area contributed by atoms with Crippen LogP contribution in [0.5, 0.6) is 5.75 Å². The van der Waals surface area contributed by atoms with Crippen LogP contribution in [0.3, 0.4) is 0 Å². The average Bonchev–Trinajstić information content (AvgIpc) is 2.65. The van der Waals surface area contributed by atoms with Crippen molar-refractivity contribution < 1.29 is 15.0 Å². The molecule has 2 rings (SSSR count). The largest absolute Gasteiger partial charge is 0.507 e. The number of β-amino-alcohol motifs (C(OH)–C–C–N with tert-alkyl or cyclic N) is 1. The number of rotatable bonds is 1. The van der Waals surface area contributed by atoms with Gasteiger partial charge in [-0.25, -0.2) is 0 Å². The van der Waals surface area contributed by atoms with Crippen LogP contribution in [0, 0.1) is 0 Å². The molecule has 1 aromatic carbocycles. The molecule has 1 amide bonds. The second kappa shape index (κ2) is 3.90. The molecule has 0 saturated carbocycles. The van der Waals surface area contributed by atoms with E-state index in [-0.39, 0.29) is 11.7 Å². The zero-order valence-corrected chi connectivity index (χ0v) is 8.26. The van der Waals surface area contributed by atoms with Crippen LogP contribution in [-0.2, 0) is 0 Å². The number of likely N-dealkylation sites (tertiary alicyclic amines) is 1. The summed E-state index contributed by atoms with van der Waals surface area (Å²) in [5, 5.41) is 18.8. The van der Waals surface area contributed by atoms with Crippen LogP contribution in [0.25, 0.3) is 0 Å². The van der Waals surface area contributed by atoms with E-state index in [1.807, 2.05) is 0 Å². The Kier molecular flexibility index (Phi) is 2.60. The van der Waals surface area contributed by atoms with Crippen molar-refractivity contribution in [3.05, 3.63) is 29.8 Å². The molecule has 15 heavy (non-hydrogen) atoms. The van der Waals surface area contributed by atoms with Gasteiger partial charge in [-0.1, -0.05) is 12.1 Å². The van der Waals surface area contributed by atoms with Gasteiger partial charge in [0, 0.05) is 13.1 Å². The number of para-hydroxylation sites is 1. The summed E-state index contributed by atoms with van der Waals surface area (Å²) in [7, 11) is 0. The first-order valence-electron chi connectivity index (χ1n) is 4.94. The standard InChI is InChI=1S/C11H13NO3/c13-8-5-6-12(7-8)11(15)9-3-1-2-4-10(9)14/h1-4,8,13-14H,5-7H2/t8-/m1/s1. The quantitative estimate of drug-likeness (QED) is 0.709. The third-order valence-corrected chi connectivity index (χ3v) is 2.59. The summed E-state index contributed by atoms with van der Waals surface area (Å²) in [5.74, 6) is -0.228.